The predicted molar refractivity (Wildman–Crippen MR) is 68.7 cm³/mol. The van der Waals surface area contributed by atoms with Crippen molar-refractivity contribution in [2.75, 3.05) is 18.6 Å². The van der Waals surface area contributed by atoms with E-state index in [0.29, 0.717) is 0 Å². The van der Waals surface area contributed by atoms with Gasteiger partial charge < -0.3 is 16.2 Å². The molecule has 7 heteroatoms. The number of rotatable bonds is 6. The fraction of sp³-hybridized carbons (Fsp3) is 0.909. The topological polar surface area (TPSA) is 109 Å². The van der Waals surface area contributed by atoms with Crippen LogP contribution < -0.4 is 11.1 Å². The maximum Gasteiger partial charge on any atom is 0.237 e. The zero-order valence-electron chi connectivity index (χ0n) is 10.7. The summed E-state index contributed by atoms with van der Waals surface area (Å²) in [6, 6.07) is -0.844. The van der Waals surface area contributed by atoms with Crippen molar-refractivity contribution in [3.63, 3.8) is 0 Å². The number of amides is 1. The quantitative estimate of drug-likeness (QED) is 0.587. The number of aliphatic hydroxyl groups is 1. The van der Waals surface area contributed by atoms with Gasteiger partial charge >= 0.3 is 0 Å². The third-order valence-corrected chi connectivity index (χ3v) is 4.37. The number of nitrogens with two attached hydrogens (primary N) is 1. The lowest BCUT2D eigenvalue weighted by molar-refractivity contribution is -0.124. The van der Waals surface area contributed by atoms with Crippen molar-refractivity contribution in [3.05, 3.63) is 0 Å². The molecule has 0 heterocycles. The Hall–Kier alpha value is -0.660. The van der Waals surface area contributed by atoms with E-state index < -0.39 is 21.4 Å². The Bertz CT molecular complexity index is 388. The van der Waals surface area contributed by atoms with Crippen LogP contribution in [-0.4, -0.2) is 49.6 Å². The third-order valence-electron chi connectivity index (χ3n) is 3.39. The molecule has 106 valence electrons. The minimum Gasteiger partial charge on any atom is -0.394 e. The Labute approximate surface area is 108 Å². The molecule has 0 spiro atoms. The molecule has 18 heavy (non-hydrogen) atoms. The second kappa shape index (κ2) is 5.99. The van der Waals surface area contributed by atoms with E-state index in [4.69, 9.17) is 5.73 Å². The molecule has 1 rings (SSSR count). The Kier molecular flexibility index (Phi) is 5.12. The maximum absolute atomic E-state index is 11.8. The molecule has 0 aliphatic heterocycles. The van der Waals surface area contributed by atoms with Crippen LogP contribution >= 0.6 is 0 Å². The fourth-order valence-electron chi connectivity index (χ4n) is 2.20. The number of carbonyl (C=O) groups excluding carboxylic acids is 1. The lowest BCUT2D eigenvalue weighted by Gasteiger charge is -2.29. The molecule has 1 aliphatic rings. The van der Waals surface area contributed by atoms with E-state index in [-0.39, 0.29) is 24.7 Å². The molecular weight excluding hydrogens is 256 g/mol. The van der Waals surface area contributed by atoms with E-state index in [1.165, 1.54) is 0 Å². The van der Waals surface area contributed by atoms with Crippen LogP contribution in [0.2, 0.25) is 0 Å². The van der Waals surface area contributed by atoms with E-state index in [1.54, 1.807) is 0 Å². The number of carbonyl (C=O) groups is 1. The second-order valence-electron chi connectivity index (χ2n) is 5.16. The van der Waals surface area contributed by atoms with E-state index in [2.05, 4.69) is 5.32 Å². The highest BCUT2D eigenvalue weighted by Crippen LogP contribution is 2.29. The van der Waals surface area contributed by atoms with Crippen molar-refractivity contribution < 1.29 is 18.3 Å². The van der Waals surface area contributed by atoms with Gasteiger partial charge in [-0.2, -0.15) is 0 Å². The normalized spacial score (nSPS) is 20.6. The Morgan fingerprint density at radius 1 is 1.44 bits per heavy atom. The standard InChI is InChI=1S/C11H22N2O4S/c1-18(16,17)7-4-9(12)10(15)13-11(8-14)5-2-3-6-11/h9,14H,2-8,12H2,1H3,(H,13,15). The number of aliphatic hydroxyl groups excluding tert-OH is 1. The van der Waals surface area contributed by atoms with E-state index in [1.807, 2.05) is 0 Å². The highest BCUT2D eigenvalue weighted by Gasteiger charge is 2.35. The number of sulfone groups is 1. The Balaban J connectivity index is 2.49. The van der Waals surface area contributed by atoms with Gasteiger partial charge in [0.25, 0.3) is 0 Å². The van der Waals surface area contributed by atoms with E-state index in [0.717, 1.165) is 31.9 Å². The first-order chi connectivity index (χ1) is 8.28. The number of hydrogen-bond acceptors (Lipinski definition) is 5. The van der Waals surface area contributed by atoms with Crippen LogP contribution in [0.25, 0.3) is 0 Å². The van der Waals surface area contributed by atoms with Crippen LogP contribution in [0.15, 0.2) is 0 Å². The smallest absolute Gasteiger partial charge is 0.237 e. The highest BCUT2D eigenvalue weighted by atomic mass is 32.2. The summed E-state index contributed by atoms with van der Waals surface area (Å²) in [7, 11) is -3.11. The van der Waals surface area contributed by atoms with Crippen molar-refractivity contribution in [2.24, 2.45) is 5.73 Å². The van der Waals surface area contributed by atoms with Crippen LogP contribution in [0.5, 0.6) is 0 Å². The molecule has 1 saturated carbocycles. The summed E-state index contributed by atoms with van der Waals surface area (Å²) in [6.07, 6.45) is 4.65. The fourth-order valence-corrected chi connectivity index (χ4v) is 2.88. The molecule has 1 fully saturated rings. The summed E-state index contributed by atoms with van der Waals surface area (Å²) in [5.74, 6) is -0.483. The first-order valence-electron chi connectivity index (χ1n) is 6.14. The van der Waals surface area contributed by atoms with Crippen molar-refractivity contribution in [1.82, 2.24) is 5.32 Å². The maximum atomic E-state index is 11.8. The minimum absolute atomic E-state index is 0.0997. The molecule has 0 radical (unpaired) electrons. The zero-order chi connectivity index (χ0) is 13.8. The molecule has 0 aromatic heterocycles. The Morgan fingerprint density at radius 2 is 2.00 bits per heavy atom. The van der Waals surface area contributed by atoms with Gasteiger partial charge in [0.15, 0.2) is 0 Å². The number of hydrogen-bond donors (Lipinski definition) is 3. The lowest BCUT2D eigenvalue weighted by atomic mass is 9.98. The number of nitrogens with one attached hydrogen (secondary N) is 1. The van der Waals surface area contributed by atoms with Gasteiger partial charge in [0, 0.05) is 6.26 Å². The van der Waals surface area contributed by atoms with E-state index >= 15 is 0 Å². The van der Waals surface area contributed by atoms with Crippen LogP contribution in [0.1, 0.15) is 32.1 Å². The predicted octanol–water partition coefficient (Wildman–Crippen LogP) is -0.830. The average Bonchev–Trinajstić information content (AvgIpc) is 2.74. The molecule has 1 atom stereocenters. The summed E-state index contributed by atoms with van der Waals surface area (Å²) >= 11 is 0. The molecule has 4 N–H and O–H groups in total. The first-order valence-corrected chi connectivity index (χ1v) is 8.20. The van der Waals surface area contributed by atoms with Crippen molar-refractivity contribution >= 4 is 15.7 Å². The molecule has 1 unspecified atom stereocenters. The van der Waals surface area contributed by atoms with Gasteiger partial charge in [-0.15, -0.1) is 0 Å². The molecule has 0 aromatic carbocycles. The van der Waals surface area contributed by atoms with Gasteiger partial charge in [0.2, 0.25) is 5.91 Å². The van der Waals surface area contributed by atoms with Crippen LogP contribution in [0.4, 0.5) is 0 Å². The van der Waals surface area contributed by atoms with E-state index in [9.17, 15) is 18.3 Å². The van der Waals surface area contributed by atoms with Crippen molar-refractivity contribution in [3.8, 4) is 0 Å². The van der Waals surface area contributed by atoms with Gasteiger partial charge in [-0.1, -0.05) is 12.8 Å². The van der Waals surface area contributed by atoms with Gasteiger partial charge in [0.1, 0.15) is 9.84 Å². The summed E-state index contributed by atoms with van der Waals surface area (Å²) in [6.45, 7) is -0.0997. The van der Waals surface area contributed by atoms with Gasteiger partial charge in [-0.25, -0.2) is 8.42 Å². The second-order valence-corrected chi connectivity index (χ2v) is 7.42. The summed E-state index contributed by atoms with van der Waals surface area (Å²) < 4.78 is 22.0. The first kappa shape index (κ1) is 15.4. The molecule has 0 saturated heterocycles. The van der Waals surface area contributed by atoms with Crippen molar-refractivity contribution in [1.29, 1.82) is 0 Å². The minimum atomic E-state index is -3.11. The van der Waals surface area contributed by atoms with Crippen LogP contribution in [-0.2, 0) is 14.6 Å². The largest absolute Gasteiger partial charge is 0.394 e. The monoisotopic (exact) mass is 278 g/mol. The highest BCUT2D eigenvalue weighted by molar-refractivity contribution is 7.90. The molecular formula is C11H22N2O4S. The van der Waals surface area contributed by atoms with Gasteiger partial charge in [0.05, 0.1) is 23.9 Å². The third kappa shape index (κ3) is 4.55. The van der Waals surface area contributed by atoms with Gasteiger partial charge in [-0.05, 0) is 19.3 Å². The summed E-state index contributed by atoms with van der Waals surface area (Å²) in [5.41, 5.74) is 5.10. The Morgan fingerprint density at radius 3 is 2.44 bits per heavy atom. The lowest BCUT2D eigenvalue weighted by Crippen LogP contribution is -2.54. The summed E-state index contributed by atoms with van der Waals surface area (Å²) in [4.78, 5) is 11.8. The van der Waals surface area contributed by atoms with Gasteiger partial charge in [-0.3, -0.25) is 4.79 Å². The molecule has 0 bridgehead atoms. The SMILES string of the molecule is CS(=O)(=O)CCC(N)C(=O)NC1(CO)CCCC1. The molecule has 0 aromatic rings. The molecule has 1 amide bonds. The zero-order valence-corrected chi connectivity index (χ0v) is 11.5. The average molecular weight is 278 g/mol. The van der Waals surface area contributed by atoms with Crippen LogP contribution in [0, 0.1) is 0 Å². The molecule has 1 aliphatic carbocycles. The van der Waals surface area contributed by atoms with Crippen molar-refractivity contribution in [2.45, 2.75) is 43.7 Å². The summed E-state index contributed by atoms with van der Waals surface area (Å²) in [5, 5.41) is 12.1. The molecule has 6 nitrogen and oxygen atoms in total. The van der Waals surface area contributed by atoms with Crippen LogP contribution in [0.3, 0.4) is 0 Å².